The fraction of sp³-hybridized carbons (Fsp3) is 0.0714. The molecule has 8 heteroatoms. The molecule has 0 aliphatic heterocycles. The van der Waals surface area contributed by atoms with Crippen LogP contribution in [0.4, 0.5) is 17.3 Å². The van der Waals surface area contributed by atoms with E-state index in [0.717, 1.165) is 17.1 Å². The molecule has 1 aromatic carbocycles. The highest BCUT2D eigenvalue weighted by Gasteiger charge is 2.16. The maximum atomic E-state index is 11.4. The van der Waals surface area contributed by atoms with Crippen molar-refractivity contribution >= 4 is 23.2 Å². The molecule has 0 atom stereocenters. The molecule has 0 saturated carbocycles. The Morgan fingerprint density at radius 1 is 1.32 bits per heavy atom. The molecular weight excluding hydrogens is 282 g/mol. The van der Waals surface area contributed by atoms with Gasteiger partial charge in [-0.2, -0.15) is 5.10 Å². The Labute approximate surface area is 126 Å². The van der Waals surface area contributed by atoms with Crippen LogP contribution >= 0.6 is 0 Å². The van der Waals surface area contributed by atoms with Crippen LogP contribution in [0.15, 0.2) is 36.8 Å². The number of nitrogens with two attached hydrogens (primary N) is 2. The van der Waals surface area contributed by atoms with E-state index in [0.29, 0.717) is 5.82 Å². The molecule has 0 bridgehead atoms. The van der Waals surface area contributed by atoms with Crippen molar-refractivity contribution in [2.24, 2.45) is 5.73 Å². The normalized spacial score (nSPS) is 10.6. The van der Waals surface area contributed by atoms with Gasteiger partial charge in [0, 0.05) is 17.6 Å². The Hall–Kier alpha value is -3.29. The number of benzene rings is 1. The van der Waals surface area contributed by atoms with Crippen molar-refractivity contribution in [2.75, 3.05) is 11.1 Å². The lowest BCUT2D eigenvalue weighted by Gasteiger charge is -2.07. The molecular formula is C14H15N7O. The number of aromatic nitrogens is 4. The molecule has 0 fully saturated rings. The van der Waals surface area contributed by atoms with Gasteiger partial charge in [-0.3, -0.25) is 9.89 Å². The Balaban J connectivity index is 1.84. The van der Waals surface area contributed by atoms with Gasteiger partial charge in [0.05, 0.1) is 12.0 Å². The molecule has 1 amide bonds. The molecule has 0 radical (unpaired) electrons. The van der Waals surface area contributed by atoms with Crippen molar-refractivity contribution in [3.63, 3.8) is 0 Å². The monoisotopic (exact) mass is 297 g/mol. The second-order valence-corrected chi connectivity index (χ2v) is 4.82. The minimum Gasteiger partial charge on any atom is -0.383 e. The first kappa shape index (κ1) is 13.7. The first-order valence-corrected chi connectivity index (χ1v) is 6.56. The van der Waals surface area contributed by atoms with Crippen LogP contribution in [0.5, 0.6) is 0 Å². The summed E-state index contributed by atoms with van der Waals surface area (Å²) in [5.41, 5.74) is 13.7. The summed E-state index contributed by atoms with van der Waals surface area (Å²) in [4.78, 5) is 15.6. The van der Waals surface area contributed by atoms with Crippen molar-refractivity contribution in [2.45, 2.75) is 6.92 Å². The number of hydrogen-bond donors (Lipinski definition) is 4. The quantitative estimate of drug-likeness (QED) is 0.577. The number of H-pyrrole nitrogens is 1. The number of aryl methyl sites for hydroxylation is 1. The van der Waals surface area contributed by atoms with Gasteiger partial charge in [0.25, 0.3) is 5.91 Å². The van der Waals surface area contributed by atoms with E-state index >= 15 is 0 Å². The average Bonchev–Trinajstić information content (AvgIpc) is 3.06. The third-order valence-corrected chi connectivity index (χ3v) is 3.18. The van der Waals surface area contributed by atoms with Gasteiger partial charge < -0.3 is 21.4 Å². The van der Waals surface area contributed by atoms with E-state index in [4.69, 9.17) is 11.5 Å². The van der Waals surface area contributed by atoms with E-state index in [9.17, 15) is 4.79 Å². The van der Waals surface area contributed by atoms with Gasteiger partial charge in [-0.1, -0.05) is 0 Å². The van der Waals surface area contributed by atoms with Gasteiger partial charge in [0.15, 0.2) is 5.82 Å². The van der Waals surface area contributed by atoms with Crippen molar-refractivity contribution in [1.82, 2.24) is 19.7 Å². The summed E-state index contributed by atoms with van der Waals surface area (Å²) in [6, 6.07) is 7.56. The van der Waals surface area contributed by atoms with Crippen molar-refractivity contribution in [3.05, 3.63) is 48.0 Å². The summed E-state index contributed by atoms with van der Waals surface area (Å²) in [5, 5.41) is 9.48. The van der Waals surface area contributed by atoms with E-state index < -0.39 is 5.91 Å². The van der Waals surface area contributed by atoms with Gasteiger partial charge in [-0.25, -0.2) is 4.98 Å². The Morgan fingerprint density at radius 3 is 2.64 bits per heavy atom. The molecule has 6 N–H and O–H groups in total. The number of nitrogen functional groups attached to an aromatic ring is 1. The second kappa shape index (κ2) is 5.24. The number of carbonyl (C=O) groups is 1. The summed E-state index contributed by atoms with van der Waals surface area (Å²) >= 11 is 0. The number of aromatic amines is 1. The Kier molecular flexibility index (Phi) is 3.26. The maximum Gasteiger partial charge on any atom is 0.256 e. The number of nitrogens with zero attached hydrogens (tertiary/aromatic N) is 3. The molecule has 0 unspecified atom stereocenters. The molecule has 0 spiro atoms. The zero-order chi connectivity index (χ0) is 15.7. The standard InChI is InChI=1S/C14H15N7O/c1-8-6-21(7-17-8)10-4-2-9(3-5-10)18-14-11(13(16)22)12(15)19-20-14/h2-7H,1H3,(H2,16,22)(H4,15,18,19,20). The highest BCUT2D eigenvalue weighted by atomic mass is 16.1. The lowest BCUT2D eigenvalue weighted by atomic mass is 10.2. The van der Waals surface area contributed by atoms with Gasteiger partial charge in [-0.05, 0) is 31.2 Å². The number of carbonyl (C=O) groups excluding carboxylic acids is 1. The summed E-state index contributed by atoms with van der Waals surface area (Å²) in [7, 11) is 0. The highest BCUT2D eigenvalue weighted by molar-refractivity contribution is 6.02. The molecule has 0 saturated heterocycles. The number of imidazole rings is 1. The van der Waals surface area contributed by atoms with Crippen molar-refractivity contribution in [1.29, 1.82) is 0 Å². The van der Waals surface area contributed by atoms with Gasteiger partial charge >= 0.3 is 0 Å². The SMILES string of the molecule is Cc1cn(-c2ccc(Nc3n[nH]c(N)c3C(N)=O)cc2)cn1. The van der Waals surface area contributed by atoms with Crippen LogP contribution in [-0.2, 0) is 0 Å². The molecule has 2 heterocycles. The zero-order valence-corrected chi connectivity index (χ0v) is 11.9. The van der Waals surface area contributed by atoms with Gasteiger partial charge in [0.2, 0.25) is 0 Å². The van der Waals surface area contributed by atoms with Crippen LogP contribution in [0.3, 0.4) is 0 Å². The first-order valence-electron chi connectivity index (χ1n) is 6.56. The lowest BCUT2D eigenvalue weighted by molar-refractivity contribution is 0.100. The summed E-state index contributed by atoms with van der Waals surface area (Å²) in [6.45, 7) is 1.93. The number of primary amides is 1. The average molecular weight is 297 g/mol. The van der Waals surface area contributed by atoms with Crippen LogP contribution in [0.2, 0.25) is 0 Å². The Morgan fingerprint density at radius 2 is 2.05 bits per heavy atom. The topological polar surface area (TPSA) is 128 Å². The number of hydrogen-bond acceptors (Lipinski definition) is 5. The van der Waals surface area contributed by atoms with Crippen LogP contribution in [0, 0.1) is 6.92 Å². The Bertz CT molecular complexity index is 816. The first-order chi connectivity index (χ1) is 10.5. The molecule has 3 aromatic rings. The van der Waals surface area contributed by atoms with E-state index in [1.165, 1.54) is 0 Å². The van der Waals surface area contributed by atoms with Gasteiger partial charge in [0.1, 0.15) is 11.4 Å². The number of amides is 1. The van der Waals surface area contributed by atoms with Crippen molar-refractivity contribution in [3.8, 4) is 5.69 Å². The number of anilines is 3. The third-order valence-electron chi connectivity index (χ3n) is 3.18. The summed E-state index contributed by atoms with van der Waals surface area (Å²) in [5.74, 6) is -0.198. The smallest absolute Gasteiger partial charge is 0.256 e. The van der Waals surface area contributed by atoms with Crippen molar-refractivity contribution < 1.29 is 4.79 Å². The minimum atomic E-state index is -0.640. The fourth-order valence-electron chi connectivity index (χ4n) is 2.11. The van der Waals surface area contributed by atoms with E-state index in [-0.39, 0.29) is 11.4 Å². The molecule has 3 rings (SSSR count). The molecule has 112 valence electrons. The lowest BCUT2D eigenvalue weighted by Crippen LogP contribution is -2.14. The van der Waals surface area contributed by atoms with Crippen LogP contribution < -0.4 is 16.8 Å². The largest absolute Gasteiger partial charge is 0.383 e. The predicted molar refractivity (Wildman–Crippen MR) is 83.1 cm³/mol. The van der Waals surface area contributed by atoms with E-state index in [1.54, 1.807) is 6.33 Å². The predicted octanol–water partition coefficient (Wildman–Crippen LogP) is 1.33. The maximum absolute atomic E-state index is 11.4. The molecule has 22 heavy (non-hydrogen) atoms. The summed E-state index contributed by atoms with van der Waals surface area (Å²) in [6.07, 6.45) is 3.68. The van der Waals surface area contributed by atoms with Gasteiger partial charge in [-0.15, -0.1) is 0 Å². The number of nitrogens with one attached hydrogen (secondary N) is 2. The zero-order valence-electron chi connectivity index (χ0n) is 11.9. The van der Waals surface area contributed by atoms with E-state index in [2.05, 4.69) is 20.5 Å². The molecule has 0 aliphatic carbocycles. The highest BCUT2D eigenvalue weighted by Crippen LogP contribution is 2.23. The minimum absolute atomic E-state index is 0.139. The third kappa shape index (κ3) is 2.49. The molecule has 0 aliphatic rings. The van der Waals surface area contributed by atoms with Crippen LogP contribution in [-0.4, -0.2) is 25.7 Å². The summed E-state index contributed by atoms with van der Waals surface area (Å²) < 4.78 is 1.92. The van der Waals surface area contributed by atoms with Crippen LogP contribution in [0.1, 0.15) is 16.1 Å². The second-order valence-electron chi connectivity index (χ2n) is 4.82. The van der Waals surface area contributed by atoms with E-state index in [1.807, 2.05) is 42.0 Å². The number of rotatable bonds is 4. The fourth-order valence-corrected chi connectivity index (χ4v) is 2.11. The molecule has 8 nitrogen and oxygen atoms in total. The molecule has 2 aromatic heterocycles. The van der Waals surface area contributed by atoms with Crippen LogP contribution in [0.25, 0.3) is 5.69 Å².